The molecule has 2 nitrogen and oxygen atoms in total. The van der Waals surface area contributed by atoms with Crippen LogP contribution in [0.25, 0.3) is 5.70 Å². The molecule has 78 valence electrons. The zero-order chi connectivity index (χ0) is 11.4. The smallest absolute Gasteiger partial charge is 0.134 e. The van der Waals surface area contributed by atoms with Gasteiger partial charge < -0.3 is 11.1 Å². The average molecular weight is 204 g/mol. The monoisotopic (exact) mass is 204 g/mol. The molecule has 0 heterocycles. The van der Waals surface area contributed by atoms with Crippen molar-refractivity contribution in [1.82, 2.24) is 0 Å². The van der Waals surface area contributed by atoms with Crippen LogP contribution in [0, 0.1) is 5.82 Å². The maximum atomic E-state index is 13.4. The molecule has 0 spiro atoms. The predicted molar refractivity (Wildman–Crippen MR) is 65.7 cm³/mol. The van der Waals surface area contributed by atoms with Gasteiger partial charge in [-0.15, -0.1) is 0 Å². The average Bonchev–Trinajstić information content (AvgIpc) is 2.17. The minimum atomic E-state index is -0.378. The Hall–Kier alpha value is -1.71. The summed E-state index contributed by atoms with van der Waals surface area (Å²) in [7, 11) is 1.97. The molecule has 0 aromatic heterocycles. The maximum Gasteiger partial charge on any atom is 0.134 e. The zero-order valence-electron chi connectivity index (χ0n) is 8.81. The lowest BCUT2D eigenvalue weighted by Crippen LogP contribution is -2.01. The summed E-state index contributed by atoms with van der Waals surface area (Å²) in [5.41, 5.74) is 7.50. The van der Waals surface area contributed by atoms with Crippen molar-refractivity contribution in [1.29, 1.82) is 0 Å². The summed E-state index contributed by atoms with van der Waals surface area (Å²) in [6.07, 6.45) is 0.799. The van der Waals surface area contributed by atoms with Gasteiger partial charge in [-0.25, -0.2) is 4.39 Å². The van der Waals surface area contributed by atoms with Gasteiger partial charge in [0.25, 0.3) is 0 Å². The van der Waals surface area contributed by atoms with Crippen molar-refractivity contribution in [2.75, 3.05) is 5.32 Å². The summed E-state index contributed by atoms with van der Waals surface area (Å²) in [5.74, 6) is -0.378. The number of anilines is 1. The molecule has 1 aromatic rings. The van der Waals surface area contributed by atoms with Crippen LogP contribution in [-0.2, 0) is 0 Å². The Labute approximate surface area is 90.1 Å². The third-order valence-electron chi connectivity index (χ3n) is 2.06. The molecule has 1 rings (SSSR count). The molecule has 0 unspecified atom stereocenters. The molecule has 4 heteroatoms. The van der Waals surface area contributed by atoms with Gasteiger partial charge in [0.05, 0.1) is 0 Å². The minimum absolute atomic E-state index is 0.230. The van der Waals surface area contributed by atoms with Gasteiger partial charge in [-0.3, -0.25) is 0 Å². The van der Waals surface area contributed by atoms with E-state index in [0.29, 0.717) is 11.3 Å². The second-order valence-corrected chi connectivity index (χ2v) is 3.30. The molecule has 0 saturated carbocycles. The SMILES string of the molecule is BCC(=C)Nc1ccc(C(=C)N)c(F)c1. The fraction of sp³-hybridized carbons (Fsp3) is 0.0909. The molecule has 0 atom stereocenters. The third-order valence-corrected chi connectivity index (χ3v) is 2.06. The van der Waals surface area contributed by atoms with Gasteiger partial charge in [-0.2, -0.15) is 0 Å². The Balaban J connectivity index is 2.91. The minimum Gasteiger partial charge on any atom is -0.399 e. The lowest BCUT2D eigenvalue weighted by atomic mass is 10.0. The fourth-order valence-electron chi connectivity index (χ4n) is 1.15. The highest BCUT2D eigenvalue weighted by Crippen LogP contribution is 2.19. The first-order valence-electron chi connectivity index (χ1n) is 4.73. The van der Waals surface area contributed by atoms with E-state index in [4.69, 9.17) is 5.73 Å². The molecule has 0 aliphatic heterocycles. The topological polar surface area (TPSA) is 38.0 Å². The third kappa shape index (κ3) is 2.87. The molecule has 0 bridgehead atoms. The van der Waals surface area contributed by atoms with Gasteiger partial charge in [-0.1, -0.05) is 13.2 Å². The van der Waals surface area contributed by atoms with Crippen LogP contribution < -0.4 is 11.1 Å². The molecule has 0 aliphatic rings. The van der Waals surface area contributed by atoms with Crippen molar-refractivity contribution in [3.63, 3.8) is 0 Å². The van der Waals surface area contributed by atoms with E-state index in [0.717, 1.165) is 12.0 Å². The molecule has 0 fully saturated rings. The van der Waals surface area contributed by atoms with E-state index < -0.39 is 0 Å². The first kappa shape index (κ1) is 11.4. The first-order chi connectivity index (χ1) is 7.04. The molecular formula is C11H14BFN2. The van der Waals surface area contributed by atoms with E-state index in [1.807, 2.05) is 7.85 Å². The Morgan fingerprint density at radius 3 is 2.60 bits per heavy atom. The van der Waals surface area contributed by atoms with Crippen LogP contribution in [0.3, 0.4) is 0 Å². The normalized spacial score (nSPS) is 9.67. The van der Waals surface area contributed by atoms with Gasteiger partial charge >= 0.3 is 0 Å². The van der Waals surface area contributed by atoms with Crippen LogP contribution in [-0.4, -0.2) is 7.85 Å². The van der Waals surface area contributed by atoms with Crippen molar-refractivity contribution < 1.29 is 4.39 Å². The van der Waals surface area contributed by atoms with Crippen LogP contribution in [0.5, 0.6) is 0 Å². The number of rotatable bonds is 4. The van der Waals surface area contributed by atoms with Crippen LogP contribution in [0.4, 0.5) is 10.1 Å². The van der Waals surface area contributed by atoms with Crippen molar-refractivity contribution in [3.05, 3.63) is 48.4 Å². The number of benzene rings is 1. The Morgan fingerprint density at radius 2 is 2.13 bits per heavy atom. The number of hydrogen-bond acceptors (Lipinski definition) is 2. The molecule has 0 saturated heterocycles. The van der Waals surface area contributed by atoms with Crippen LogP contribution in [0.2, 0.25) is 6.32 Å². The van der Waals surface area contributed by atoms with Crippen molar-refractivity contribution >= 4 is 19.2 Å². The first-order valence-corrected chi connectivity index (χ1v) is 4.73. The Bertz CT molecular complexity index is 402. The second kappa shape index (κ2) is 4.69. The van der Waals surface area contributed by atoms with E-state index in [9.17, 15) is 4.39 Å². The zero-order valence-corrected chi connectivity index (χ0v) is 8.81. The number of hydrogen-bond donors (Lipinski definition) is 2. The lowest BCUT2D eigenvalue weighted by Gasteiger charge is -2.09. The van der Waals surface area contributed by atoms with Gasteiger partial charge in [0, 0.05) is 16.9 Å². The summed E-state index contributed by atoms with van der Waals surface area (Å²) in [5, 5.41) is 2.99. The fourth-order valence-corrected chi connectivity index (χ4v) is 1.15. The van der Waals surface area contributed by atoms with Crippen molar-refractivity contribution in [3.8, 4) is 0 Å². The van der Waals surface area contributed by atoms with Crippen LogP contribution in [0.15, 0.2) is 37.1 Å². The Morgan fingerprint density at radius 1 is 1.47 bits per heavy atom. The van der Waals surface area contributed by atoms with Crippen LogP contribution >= 0.6 is 0 Å². The quantitative estimate of drug-likeness (QED) is 0.733. The van der Waals surface area contributed by atoms with Crippen molar-refractivity contribution in [2.45, 2.75) is 6.32 Å². The van der Waals surface area contributed by atoms with Crippen molar-refractivity contribution in [2.24, 2.45) is 5.73 Å². The number of nitrogens with one attached hydrogen (secondary N) is 1. The highest BCUT2D eigenvalue weighted by molar-refractivity contribution is 6.10. The molecule has 3 N–H and O–H groups in total. The number of allylic oxidation sites excluding steroid dienone is 1. The van der Waals surface area contributed by atoms with E-state index in [2.05, 4.69) is 18.5 Å². The van der Waals surface area contributed by atoms with E-state index in [1.165, 1.54) is 6.07 Å². The molecule has 0 amide bonds. The van der Waals surface area contributed by atoms with E-state index in [-0.39, 0.29) is 11.5 Å². The molecule has 15 heavy (non-hydrogen) atoms. The number of nitrogens with two attached hydrogens (primary N) is 1. The molecule has 0 radical (unpaired) electrons. The highest BCUT2D eigenvalue weighted by atomic mass is 19.1. The lowest BCUT2D eigenvalue weighted by molar-refractivity contribution is 0.624. The molecule has 0 aliphatic carbocycles. The van der Waals surface area contributed by atoms with Crippen LogP contribution in [0.1, 0.15) is 5.56 Å². The summed E-state index contributed by atoms with van der Waals surface area (Å²) in [4.78, 5) is 0. The number of halogens is 1. The van der Waals surface area contributed by atoms with Gasteiger partial charge in [-0.05, 0) is 30.2 Å². The van der Waals surface area contributed by atoms with Gasteiger partial charge in [0.15, 0.2) is 0 Å². The summed E-state index contributed by atoms with van der Waals surface area (Å²) < 4.78 is 13.4. The molecular weight excluding hydrogens is 190 g/mol. The summed E-state index contributed by atoms with van der Waals surface area (Å²) in [6, 6.07) is 4.73. The largest absolute Gasteiger partial charge is 0.399 e. The van der Waals surface area contributed by atoms with E-state index in [1.54, 1.807) is 12.1 Å². The van der Waals surface area contributed by atoms with Gasteiger partial charge in [0.2, 0.25) is 0 Å². The molecule has 1 aromatic carbocycles. The summed E-state index contributed by atoms with van der Waals surface area (Å²) >= 11 is 0. The highest BCUT2D eigenvalue weighted by Gasteiger charge is 2.04. The van der Waals surface area contributed by atoms with E-state index >= 15 is 0 Å². The second-order valence-electron chi connectivity index (χ2n) is 3.30. The van der Waals surface area contributed by atoms with Gasteiger partial charge in [0.1, 0.15) is 13.7 Å². The maximum absolute atomic E-state index is 13.4. The Kier molecular flexibility index (Phi) is 3.55. The summed E-state index contributed by atoms with van der Waals surface area (Å²) in [6.45, 7) is 7.27. The predicted octanol–water partition coefficient (Wildman–Crippen LogP) is 1.73. The standard InChI is InChI=1S/C11H14BFN2/c1-7(6-12)15-9-3-4-10(8(2)14)11(13)5-9/h3-5,15H,1-2,6,12,14H2.